The van der Waals surface area contributed by atoms with E-state index in [4.69, 9.17) is 0 Å². The fourth-order valence-electron chi connectivity index (χ4n) is 5.51. The molecular weight excluding hydrogens is 482 g/mol. The molecule has 1 fully saturated rings. The number of nitrogens with one attached hydrogen (secondary N) is 2. The molecule has 0 spiro atoms. The molecule has 1 saturated heterocycles. The van der Waals surface area contributed by atoms with Crippen molar-refractivity contribution in [2.24, 2.45) is 5.92 Å². The summed E-state index contributed by atoms with van der Waals surface area (Å²) in [6.07, 6.45) is 5.22. The second kappa shape index (κ2) is 9.51. The number of aromatic amines is 1. The van der Waals surface area contributed by atoms with E-state index in [0.29, 0.717) is 23.1 Å². The molecule has 12 nitrogen and oxygen atoms in total. The highest BCUT2D eigenvalue weighted by molar-refractivity contribution is 6.07. The third-order valence-corrected chi connectivity index (χ3v) is 7.83. The van der Waals surface area contributed by atoms with Crippen molar-refractivity contribution in [1.82, 2.24) is 40.4 Å². The fraction of sp³-hybridized carbons (Fsp3) is 0.423. The molecular formula is C26H31N11O. The maximum absolute atomic E-state index is 13.4. The van der Waals surface area contributed by atoms with Crippen LogP contribution in [0, 0.1) is 5.92 Å². The number of nitrogens with zero attached hydrogens (tertiary/aromatic N) is 9. The van der Waals surface area contributed by atoms with Crippen LogP contribution in [-0.4, -0.2) is 66.4 Å². The van der Waals surface area contributed by atoms with Crippen LogP contribution in [0.1, 0.15) is 46.1 Å². The van der Waals surface area contributed by atoms with Crippen molar-refractivity contribution in [3.63, 3.8) is 0 Å². The summed E-state index contributed by atoms with van der Waals surface area (Å²) >= 11 is 0. The average molecular weight is 514 g/mol. The van der Waals surface area contributed by atoms with Crippen LogP contribution in [0.3, 0.4) is 0 Å². The third-order valence-electron chi connectivity index (χ3n) is 7.83. The maximum atomic E-state index is 13.4. The topological polar surface area (TPSA) is 134 Å². The van der Waals surface area contributed by atoms with Crippen molar-refractivity contribution in [3.05, 3.63) is 41.9 Å². The maximum Gasteiger partial charge on any atom is 0.255 e. The number of aromatic nitrogens is 8. The number of carbonyl (C=O) groups excluding carboxylic acids is 1. The number of piperidine rings is 1. The third kappa shape index (κ3) is 4.05. The Bertz CT molecular complexity index is 1540. The van der Waals surface area contributed by atoms with Crippen molar-refractivity contribution in [2.75, 3.05) is 35.3 Å². The smallest absolute Gasteiger partial charge is 0.255 e. The summed E-state index contributed by atoms with van der Waals surface area (Å²) in [5, 5.41) is 23.5. The van der Waals surface area contributed by atoms with E-state index in [0.717, 1.165) is 46.9 Å². The Morgan fingerprint density at radius 2 is 2.11 bits per heavy atom. The Kier molecular flexibility index (Phi) is 6.01. The minimum Gasteiger partial charge on any atom is -0.356 e. The van der Waals surface area contributed by atoms with Crippen molar-refractivity contribution in [3.8, 4) is 11.4 Å². The van der Waals surface area contributed by atoms with Gasteiger partial charge in [0.1, 0.15) is 17.8 Å². The first-order valence-electron chi connectivity index (χ1n) is 13.0. The lowest BCUT2D eigenvalue weighted by atomic mass is 9.96. The summed E-state index contributed by atoms with van der Waals surface area (Å²) in [5.74, 6) is 2.02. The standard InChI is InChI=1S/C26H31N11O/c1-5-17-7-6-10-36(13-17)22-12-21(27-14-28-22)24-19-11-18(8-9-20(19)30-31-24)29-25(38)23-15(2)35(4)26-32-33-34-37(26)16(23)3/h8-9,11-12,14,16-17H,5-7,10,13H2,1-4H3,(H,29,38)(H,30,31)/t16?,17-/m0/s1. The molecule has 3 aromatic heterocycles. The highest BCUT2D eigenvalue weighted by atomic mass is 16.1. The van der Waals surface area contributed by atoms with E-state index < -0.39 is 0 Å². The van der Waals surface area contributed by atoms with Crippen LogP contribution in [-0.2, 0) is 4.79 Å². The predicted molar refractivity (Wildman–Crippen MR) is 145 cm³/mol. The van der Waals surface area contributed by atoms with Gasteiger partial charge < -0.3 is 15.1 Å². The lowest BCUT2D eigenvalue weighted by molar-refractivity contribution is -0.113. The van der Waals surface area contributed by atoms with Gasteiger partial charge >= 0.3 is 0 Å². The quantitative estimate of drug-likeness (QED) is 0.411. The first-order valence-corrected chi connectivity index (χ1v) is 13.0. The molecule has 4 aromatic rings. The number of amides is 1. The van der Waals surface area contributed by atoms with Gasteiger partial charge in [-0.2, -0.15) is 5.10 Å². The predicted octanol–water partition coefficient (Wildman–Crippen LogP) is 3.56. The lowest BCUT2D eigenvalue weighted by Crippen LogP contribution is -2.35. The van der Waals surface area contributed by atoms with Crippen LogP contribution >= 0.6 is 0 Å². The van der Waals surface area contributed by atoms with Crippen LogP contribution in [0.2, 0.25) is 0 Å². The first kappa shape index (κ1) is 24.0. The number of benzene rings is 1. The Morgan fingerprint density at radius 1 is 1.24 bits per heavy atom. The monoisotopic (exact) mass is 513 g/mol. The van der Waals surface area contributed by atoms with E-state index in [1.54, 1.807) is 11.0 Å². The number of hydrogen-bond donors (Lipinski definition) is 2. The molecule has 1 amide bonds. The van der Waals surface area contributed by atoms with Crippen LogP contribution < -0.4 is 15.1 Å². The molecule has 196 valence electrons. The highest BCUT2D eigenvalue weighted by Gasteiger charge is 2.32. The van der Waals surface area contributed by atoms with E-state index in [9.17, 15) is 4.79 Å². The summed E-state index contributed by atoms with van der Waals surface area (Å²) in [6.45, 7) is 8.08. The number of carbonyl (C=O) groups is 1. The zero-order chi connectivity index (χ0) is 26.4. The Labute approximate surface area is 220 Å². The lowest BCUT2D eigenvalue weighted by Gasteiger charge is -2.33. The van der Waals surface area contributed by atoms with Crippen LogP contribution in [0.25, 0.3) is 22.3 Å². The van der Waals surface area contributed by atoms with Gasteiger partial charge in [-0.15, -0.1) is 0 Å². The second-order valence-corrected chi connectivity index (χ2v) is 10.1. The number of tetrazole rings is 1. The number of fused-ring (bicyclic) bond motifs is 2. The number of anilines is 3. The summed E-state index contributed by atoms with van der Waals surface area (Å²) in [6, 6.07) is 7.41. The largest absolute Gasteiger partial charge is 0.356 e. The number of allylic oxidation sites excluding steroid dienone is 1. The molecule has 2 aliphatic rings. The summed E-state index contributed by atoms with van der Waals surface area (Å²) in [5.41, 5.74) is 4.41. The molecule has 2 atom stereocenters. The molecule has 6 rings (SSSR count). The first-order chi connectivity index (χ1) is 18.4. The molecule has 5 heterocycles. The van der Waals surface area contributed by atoms with Gasteiger partial charge in [0.15, 0.2) is 0 Å². The van der Waals surface area contributed by atoms with Gasteiger partial charge in [-0.25, -0.2) is 14.6 Å². The second-order valence-electron chi connectivity index (χ2n) is 10.1. The van der Waals surface area contributed by atoms with Gasteiger partial charge in [0, 0.05) is 43.0 Å². The molecule has 2 aliphatic heterocycles. The van der Waals surface area contributed by atoms with Crippen molar-refractivity contribution in [2.45, 2.75) is 46.1 Å². The molecule has 2 N–H and O–H groups in total. The minimum atomic E-state index is -0.300. The number of hydrogen-bond acceptors (Lipinski definition) is 9. The molecule has 12 heteroatoms. The Hall–Kier alpha value is -4.35. The SMILES string of the molecule is CC[C@H]1CCCN(c2cc(-c3n[nH]c4ccc(NC(=O)C5=C(C)N(C)c6nnnn6C5C)cc34)ncn2)C1. The summed E-state index contributed by atoms with van der Waals surface area (Å²) in [7, 11) is 1.85. The Balaban J connectivity index is 1.28. The van der Waals surface area contributed by atoms with E-state index >= 15 is 0 Å². The van der Waals surface area contributed by atoms with Gasteiger partial charge in [-0.3, -0.25) is 9.89 Å². The van der Waals surface area contributed by atoms with Gasteiger partial charge in [0.25, 0.3) is 5.91 Å². The highest BCUT2D eigenvalue weighted by Crippen LogP contribution is 2.34. The van der Waals surface area contributed by atoms with Crippen molar-refractivity contribution in [1.29, 1.82) is 0 Å². The minimum absolute atomic E-state index is 0.202. The van der Waals surface area contributed by atoms with Gasteiger partial charge in [0.2, 0.25) is 5.95 Å². The van der Waals surface area contributed by atoms with E-state index in [1.165, 1.54) is 19.3 Å². The van der Waals surface area contributed by atoms with Gasteiger partial charge in [-0.05, 0) is 61.2 Å². The van der Waals surface area contributed by atoms with Crippen molar-refractivity contribution >= 4 is 34.3 Å². The van der Waals surface area contributed by atoms with Crippen LogP contribution in [0.4, 0.5) is 17.5 Å². The summed E-state index contributed by atoms with van der Waals surface area (Å²) < 4.78 is 1.65. The van der Waals surface area contributed by atoms with E-state index in [1.807, 2.05) is 50.1 Å². The summed E-state index contributed by atoms with van der Waals surface area (Å²) in [4.78, 5) is 26.7. The van der Waals surface area contributed by atoms with E-state index in [-0.39, 0.29) is 11.9 Å². The van der Waals surface area contributed by atoms with E-state index in [2.05, 4.69) is 52.8 Å². The van der Waals surface area contributed by atoms with Crippen molar-refractivity contribution < 1.29 is 4.79 Å². The van der Waals surface area contributed by atoms with Gasteiger partial charge in [-0.1, -0.05) is 18.4 Å². The molecule has 1 unspecified atom stereocenters. The van der Waals surface area contributed by atoms with Gasteiger partial charge in [0.05, 0.1) is 22.8 Å². The molecule has 0 radical (unpaired) electrons. The molecule has 38 heavy (non-hydrogen) atoms. The number of H-pyrrole nitrogens is 1. The normalized spacial score (nSPS) is 19.7. The van der Waals surface area contributed by atoms with Crippen LogP contribution in [0.5, 0.6) is 0 Å². The average Bonchev–Trinajstić information content (AvgIpc) is 3.60. The molecule has 1 aromatic carbocycles. The fourth-order valence-corrected chi connectivity index (χ4v) is 5.51. The zero-order valence-electron chi connectivity index (χ0n) is 22.0. The molecule has 0 bridgehead atoms. The number of rotatable bonds is 5. The van der Waals surface area contributed by atoms with Crippen LogP contribution in [0.15, 0.2) is 41.9 Å². The molecule has 0 saturated carbocycles. The molecule has 0 aliphatic carbocycles. The Morgan fingerprint density at radius 3 is 2.95 bits per heavy atom. The zero-order valence-corrected chi connectivity index (χ0v) is 22.0.